The Balaban J connectivity index is 2.65. The van der Waals surface area contributed by atoms with Gasteiger partial charge in [-0.25, -0.2) is 0 Å². The summed E-state index contributed by atoms with van der Waals surface area (Å²) < 4.78 is 1.22. The Kier molecular flexibility index (Phi) is 3.15. The number of thioether (sulfide) groups is 1. The Morgan fingerprint density at radius 3 is 2.73 bits per heavy atom. The SMILES string of the molecule is CC(C)Sc1ccc(C=O)s1. The second-order valence-electron chi connectivity index (χ2n) is 2.44. The Morgan fingerprint density at radius 1 is 1.55 bits per heavy atom. The zero-order valence-electron chi connectivity index (χ0n) is 6.53. The average molecular weight is 186 g/mol. The molecule has 1 rings (SSSR count). The summed E-state index contributed by atoms with van der Waals surface area (Å²) in [5.41, 5.74) is 0. The zero-order chi connectivity index (χ0) is 8.27. The van der Waals surface area contributed by atoms with Gasteiger partial charge in [0.1, 0.15) is 0 Å². The summed E-state index contributed by atoms with van der Waals surface area (Å²) >= 11 is 3.35. The van der Waals surface area contributed by atoms with Crippen LogP contribution in [0.3, 0.4) is 0 Å². The molecule has 0 saturated heterocycles. The van der Waals surface area contributed by atoms with Gasteiger partial charge in [-0.1, -0.05) is 13.8 Å². The molecule has 0 fully saturated rings. The molecule has 1 aromatic heterocycles. The molecular formula is C8H10OS2. The molecule has 11 heavy (non-hydrogen) atoms. The predicted molar refractivity (Wildman–Crippen MR) is 50.7 cm³/mol. The third-order valence-electron chi connectivity index (χ3n) is 1.07. The van der Waals surface area contributed by atoms with Crippen LogP contribution < -0.4 is 0 Å². The van der Waals surface area contributed by atoms with Gasteiger partial charge in [0.05, 0.1) is 9.09 Å². The van der Waals surface area contributed by atoms with Crippen LogP contribution in [0.2, 0.25) is 0 Å². The first kappa shape index (κ1) is 8.81. The molecule has 1 nitrogen and oxygen atoms in total. The molecule has 0 unspecified atom stereocenters. The number of carbonyl (C=O) groups is 1. The lowest BCUT2D eigenvalue weighted by Crippen LogP contribution is -1.81. The molecule has 0 amide bonds. The van der Waals surface area contributed by atoms with E-state index in [0.717, 1.165) is 11.2 Å². The van der Waals surface area contributed by atoms with Gasteiger partial charge >= 0.3 is 0 Å². The van der Waals surface area contributed by atoms with Gasteiger partial charge < -0.3 is 0 Å². The van der Waals surface area contributed by atoms with Gasteiger partial charge in [0, 0.05) is 5.25 Å². The molecule has 3 heteroatoms. The highest BCUT2D eigenvalue weighted by Crippen LogP contribution is 2.29. The first-order chi connectivity index (χ1) is 5.22. The highest BCUT2D eigenvalue weighted by atomic mass is 32.2. The number of hydrogen-bond donors (Lipinski definition) is 0. The van der Waals surface area contributed by atoms with Gasteiger partial charge in [-0.05, 0) is 12.1 Å². The van der Waals surface area contributed by atoms with E-state index in [-0.39, 0.29) is 0 Å². The predicted octanol–water partition coefficient (Wildman–Crippen LogP) is 3.06. The maximum absolute atomic E-state index is 10.3. The van der Waals surface area contributed by atoms with Crippen molar-refractivity contribution >= 4 is 29.4 Å². The topological polar surface area (TPSA) is 17.1 Å². The first-order valence-corrected chi connectivity index (χ1v) is 5.13. The van der Waals surface area contributed by atoms with Crippen LogP contribution in [0.5, 0.6) is 0 Å². The molecule has 1 heterocycles. The minimum absolute atomic E-state index is 0.591. The molecule has 0 aliphatic carbocycles. The van der Waals surface area contributed by atoms with Crippen LogP contribution in [0.25, 0.3) is 0 Å². The van der Waals surface area contributed by atoms with Crippen LogP contribution in [0.1, 0.15) is 23.5 Å². The third kappa shape index (κ3) is 2.67. The normalized spacial score (nSPS) is 10.5. The van der Waals surface area contributed by atoms with Crippen molar-refractivity contribution in [3.8, 4) is 0 Å². The Hall–Kier alpha value is -0.280. The van der Waals surface area contributed by atoms with Crippen LogP contribution >= 0.6 is 23.1 Å². The summed E-state index contributed by atoms with van der Waals surface area (Å²) in [6.45, 7) is 4.29. The summed E-state index contributed by atoms with van der Waals surface area (Å²) in [7, 11) is 0. The number of hydrogen-bond acceptors (Lipinski definition) is 3. The van der Waals surface area contributed by atoms with E-state index in [1.165, 1.54) is 4.21 Å². The first-order valence-electron chi connectivity index (χ1n) is 3.44. The molecule has 1 aromatic rings. The molecule has 0 bridgehead atoms. The lowest BCUT2D eigenvalue weighted by Gasteiger charge is -1.98. The van der Waals surface area contributed by atoms with E-state index < -0.39 is 0 Å². The second kappa shape index (κ2) is 3.93. The fourth-order valence-corrected chi connectivity index (χ4v) is 2.92. The quantitative estimate of drug-likeness (QED) is 0.533. The smallest absolute Gasteiger partial charge is 0.160 e. The van der Waals surface area contributed by atoms with Crippen LogP contribution in [-0.4, -0.2) is 11.5 Å². The van der Waals surface area contributed by atoms with Gasteiger partial charge in [0.15, 0.2) is 6.29 Å². The molecule has 0 spiro atoms. The molecule has 0 saturated carbocycles. The van der Waals surface area contributed by atoms with Gasteiger partial charge in [-0.15, -0.1) is 23.1 Å². The van der Waals surface area contributed by atoms with Crippen molar-refractivity contribution in [2.24, 2.45) is 0 Å². The summed E-state index contributed by atoms with van der Waals surface area (Å²) in [5, 5.41) is 0.591. The second-order valence-corrected chi connectivity index (χ2v) is 5.43. The Morgan fingerprint density at radius 2 is 2.27 bits per heavy atom. The highest BCUT2D eigenvalue weighted by molar-refractivity contribution is 8.01. The minimum Gasteiger partial charge on any atom is -0.297 e. The van der Waals surface area contributed by atoms with Gasteiger partial charge in [-0.2, -0.15) is 0 Å². The van der Waals surface area contributed by atoms with E-state index in [4.69, 9.17) is 0 Å². The fraction of sp³-hybridized carbons (Fsp3) is 0.375. The van der Waals surface area contributed by atoms with E-state index in [9.17, 15) is 4.79 Å². The molecule has 60 valence electrons. The standard InChI is InChI=1S/C8H10OS2/c1-6(2)10-8-4-3-7(5-9)11-8/h3-6H,1-2H3. The van der Waals surface area contributed by atoms with E-state index in [1.54, 1.807) is 23.1 Å². The third-order valence-corrected chi connectivity index (χ3v) is 3.25. The van der Waals surface area contributed by atoms with Crippen molar-refractivity contribution in [3.05, 3.63) is 17.0 Å². The molecule has 0 radical (unpaired) electrons. The van der Waals surface area contributed by atoms with Crippen molar-refractivity contribution < 1.29 is 4.79 Å². The van der Waals surface area contributed by atoms with E-state index in [1.807, 2.05) is 12.1 Å². The number of thiophene rings is 1. The zero-order valence-corrected chi connectivity index (χ0v) is 8.17. The van der Waals surface area contributed by atoms with E-state index in [2.05, 4.69) is 13.8 Å². The minimum atomic E-state index is 0.591. The number of carbonyl (C=O) groups excluding carboxylic acids is 1. The summed E-state index contributed by atoms with van der Waals surface area (Å²) in [6, 6.07) is 3.86. The molecule has 0 aliphatic rings. The van der Waals surface area contributed by atoms with Crippen molar-refractivity contribution in [1.29, 1.82) is 0 Å². The average Bonchev–Trinajstić information content (AvgIpc) is 2.34. The Labute approximate surface area is 74.8 Å². The number of rotatable bonds is 3. The summed E-state index contributed by atoms with van der Waals surface area (Å²) in [5.74, 6) is 0. The van der Waals surface area contributed by atoms with Crippen molar-refractivity contribution in [2.45, 2.75) is 23.3 Å². The van der Waals surface area contributed by atoms with Gasteiger partial charge in [-0.3, -0.25) is 4.79 Å². The molecule has 0 aromatic carbocycles. The summed E-state index contributed by atoms with van der Waals surface area (Å²) in [6.07, 6.45) is 0.898. The molecular weight excluding hydrogens is 176 g/mol. The lowest BCUT2D eigenvalue weighted by atomic mass is 10.5. The largest absolute Gasteiger partial charge is 0.297 e. The maximum atomic E-state index is 10.3. The molecule has 0 N–H and O–H groups in total. The van der Waals surface area contributed by atoms with Crippen molar-refractivity contribution in [1.82, 2.24) is 0 Å². The number of aldehydes is 1. The lowest BCUT2D eigenvalue weighted by molar-refractivity contribution is 0.112. The van der Waals surface area contributed by atoms with E-state index in [0.29, 0.717) is 5.25 Å². The van der Waals surface area contributed by atoms with Crippen LogP contribution in [0.15, 0.2) is 16.3 Å². The summed E-state index contributed by atoms with van der Waals surface area (Å²) in [4.78, 5) is 11.1. The van der Waals surface area contributed by atoms with Crippen LogP contribution in [-0.2, 0) is 0 Å². The van der Waals surface area contributed by atoms with Crippen molar-refractivity contribution in [3.63, 3.8) is 0 Å². The van der Waals surface area contributed by atoms with Crippen molar-refractivity contribution in [2.75, 3.05) is 0 Å². The van der Waals surface area contributed by atoms with Crippen LogP contribution in [0, 0.1) is 0 Å². The van der Waals surface area contributed by atoms with Gasteiger partial charge in [0.2, 0.25) is 0 Å². The van der Waals surface area contributed by atoms with Crippen LogP contribution in [0.4, 0.5) is 0 Å². The fourth-order valence-electron chi connectivity index (χ4n) is 0.693. The van der Waals surface area contributed by atoms with E-state index >= 15 is 0 Å². The Bertz CT molecular complexity index is 240. The molecule has 0 aliphatic heterocycles. The monoisotopic (exact) mass is 186 g/mol. The molecule has 0 atom stereocenters. The maximum Gasteiger partial charge on any atom is 0.160 e. The van der Waals surface area contributed by atoms with Gasteiger partial charge in [0.25, 0.3) is 0 Å². The highest BCUT2D eigenvalue weighted by Gasteiger charge is 2.01.